The molecule has 2 rings (SSSR count). The normalized spacial score (nSPS) is 10.6. The van der Waals surface area contributed by atoms with Gasteiger partial charge in [-0.3, -0.25) is 10.1 Å². The molecule has 6 nitrogen and oxygen atoms in total. The summed E-state index contributed by atoms with van der Waals surface area (Å²) in [5.74, 6) is 0.715. The average molecular weight is 301 g/mol. The number of aryl methyl sites for hydroxylation is 1. The Morgan fingerprint density at radius 2 is 2.17 bits per heavy atom. The number of rotatable bonds is 5. The minimum absolute atomic E-state index is 0.217. The molecular weight excluding hydrogens is 290 g/mol. The maximum Gasteiger partial charge on any atom is 0.271 e. The van der Waals surface area contributed by atoms with E-state index in [4.69, 9.17) is 0 Å². The maximum absolute atomic E-state index is 12.0. The van der Waals surface area contributed by atoms with Crippen LogP contribution in [0.15, 0.2) is 4.34 Å². The van der Waals surface area contributed by atoms with Gasteiger partial charge in [-0.25, -0.2) is 0 Å². The highest BCUT2D eigenvalue weighted by molar-refractivity contribution is 8.01. The highest BCUT2D eigenvalue weighted by Crippen LogP contribution is 2.25. The highest BCUT2D eigenvalue weighted by atomic mass is 32.2. The molecule has 9 heteroatoms. The van der Waals surface area contributed by atoms with Crippen LogP contribution in [0.4, 0.5) is 5.13 Å². The van der Waals surface area contributed by atoms with Crippen molar-refractivity contribution in [1.82, 2.24) is 19.8 Å². The lowest BCUT2D eigenvalue weighted by atomic mass is 10.3. The molecule has 1 N–H and O–H groups in total. The Balaban J connectivity index is 2.06. The fourth-order valence-corrected chi connectivity index (χ4v) is 3.50. The SMILES string of the molecule is CCSc1nnc(NC(=O)c2snnc2CC)s1. The second-order valence-electron chi connectivity index (χ2n) is 3.16. The van der Waals surface area contributed by atoms with Gasteiger partial charge in [0, 0.05) is 0 Å². The van der Waals surface area contributed by atoms with Crippen molar-refractivity contribution >= 4 is 45.7 Å². The first kappa shape index (κ1) is 13.4. The van der Waals surface area contributed by atoms with E-state index in [1.807, 2.05) is 13.8 Å². The largest absolute Gasteiger partial charge is 0.296 e. The van der Waals surface area contributed by atoms with Gasteiger partial charge in [0.2, 0.25) is 5.13 Å². The average Bonchev–Trinajstić information content (AvgIpc) is 2.98. The minimum atomic E-state index is -0.217. The molecule has 0 spiro atoms. The van der Waals surface area contributed by atoms with Gasteiger partial charge in [0.25, 0.3) is 5.91 Å². The van der Waals surface area contributed by atoms with Gasteiger partial charge in [0.15, 0.2) is 4.34 Å². The van der Waals surface area contributed by atoms with Crippen LogP contribution in [-0.2, 0) is 6.42 Å². The number of carbonyl (C=O) groups is 1. The smallest absolute Gasteiger partial charge is 0.271 e. The molecule has 0 atom stereocenters. The topological polar surface area (TPSA) is 80.7 Å². The molecule has 0 fully saturated rings. The van der Waals surface area contributed by atoms with Gasteiger partial charge < -0.3 is 0 Å². The van der Waals surface area contributed by atoms with Crippen molar-refractivity contribution in [3.63, 3.8) is 0 Å². The van der Waals surface area contributed by atoms with E-state index >= 15 is 0 Å². The van der Waals surface area contributed by atoms with Crippen LogP contribution in [0.1, 0.15) is 29.2 Å². The van der Waals surface area contributed by atoms with Crippen LogP contribution < -0.4 is 5.32 Å². The van der Waals surface area contributed by atoms with Crippen molar-refractivity contribution in [3.8, 4) is 0 Å². The first-order chi connectivity index (χ1) is 8.74. The Bertz CT molecular complexity index is 538. The second-order valence-corrected chi connectivity index (χ2v) is 6.41. The van der Waals surface area contributed by atoms with Gasteiger partial charge in [-0.05, 0) is 23.7 Å². The second kappa shape index (κ2) is 6.21. The molecule has 2 heterocycles. The van der Waals surface area contributed by atoms with Crippen molar-refractivity contribution in [3.05, 3.63) is 10.6 Å². The molecule has 0 saturated heterocycles. The van der Waals surface area contributed by atoms with Crippen LogP contribution in [0.25, 0.3) is 0 Å². The zero-order chi connectivity index (χ0) is 13.0. The van der Waals surface area contributed by atoms with Crippen LogP contribution in [-0.4, -0.2) is 31.4 Å². The fraction of sp³-hybridized carbons (Fsp3) is 0.444. The third-order valence-electron chi connectivity index (χ3n) is 1.99. The van der Waals surface area contributed by atoms with Gasteiger partial charge in [-0.15, -0.1) is 15.3 Å². The van der Waals surface area contributed by atoms with Crippen molar-refractivity contribution in [1.29, 1.82) is 0 Å². The van der Waals surface area contributed by atoms with Gasteiger partial charge >= 0.3 is 0 Å². The third kappa shape index (κ3) is 3.03. The zero-order valence-electron chi connectivity index (χ0n) is 9.84. The predicted molar refractivity (Wildman–Crippen MR) is 73.5 cm³/mol. The van der Waals surface area contributed by atoms with Crippen molar-refractivity contribution in [2.24, 2.45) is 0 Å². The number of aromatic nitrogens is 4. The summed E-state index contributed by atoms with van der Waals surface area (Å²) in [4.78, 5) is 12.5. The number of hydrogen-bond acceptors (Lipinski definition) is 8. The zero-order valence-corrected chi connectivity index (χ0v) is 12.3. The molecule has 1 amide bonds. The van der Waals surface area contributed by atoms with E-state index in [1.165, 1.54) is 11.3 Å². The number of thioether (sulfide) groups is 1. The number of hydrogen-bond donors (Lipinski definition) is 1. The predicted octanol–water partition coefficient (Wildman–Crippen LogP) is 2.32. The Morgan fingerprint density at radius 3 is 2.89 bits per heavy atom. The Hall–Kier alpha value is -1.06. The van der Waals surface area contributed by atoms with E-state index < -0.39 is 0 Å². The van der Waals surface area contributed by atoms with Gasteiger partial charge in [0.05, 0.1) is 5.69 Å². The number of amides is 1. The van der Waals surface area contributed by atoms with E-state index in [9.17, 15) is 4.79 Å². The lowest BCUT2D eigenvalue weighted by Gasteiger charge is -1.98. The van der Waals surface area contributed by atoms with Crippen molar-refractivity contribution in [2.45, 2.75) is 24.6 Å². The lowest BCUT2D eigenvalue weighted by molar-refractivity contribution is 0.102. The summed E-state index contributed by atoms with van der Waals surface area (Å²) < 4.78 is 4.64. The number of nitrogens with zero attached hydrogens (tertiary/aromatic N) is 4. The summed E-state index contributed by atoms with van der Waals surface area (Å²) in [5.41, 5.74) is 0.713. The molecule has 0 aliphatic heterocycles. The summed E-state index contributed by atoms with van der Waals surface area (Å²) in [6.07, 6.45) is 0.687. The lowest BCUT2D eigenvalue weighted by Crippen LogP contribution is -2.12. The van der Waals surface area contributed by atoms with Crippen LogP contribution >= 0.6 is 34.6 Å². The molecule has 0 unspecified atom stereocenters. The van der Waals surface area contributed by atoms with Crippen molar-refractivity contribution in [2.75, 3.05) is 11.1 Å². The molecule has 0 aliphatic rings. The summed E-state index contributed by atoms with van der Waals surface area (Å²) in [6.45, 7) is 3.98. The molecule has 0 aliphatic carbocycles. The molecule has 0 saturated carbocycles. The molecule has 0 radical (unpaired) electrons. The fourth-order valence-electron chi connectivity index (χ4n) is 1.21. The van der Waals surface area contributed by atoms with E-state index in [-0.39, 0.29) is 5.91 Å². The van der Waals surface area contributed by atoms with Crippen LogP contribution in [0.3, 0.4) is 0 Å². The molecule has 2 aromatic rings. The Morgan fingerprint density at radius 1 is 1.33 bits per heavy atom. The summed E-state index contributed by atoms with van der Waals surface area (Å²) >= 11 is 4.07. The monoisotopic (exact) mass is 301 g/mol. The minimum Gasteiger partial charge on any atom is -0.296 e. The van der Waals surface area contributed by atoms with E-state index in [1.54, 1.807) is 11.8 Å². The molecule has 2 aromatic heterocycles. The molecule has 96 valence electrons. The molecule has 0 aromatic carbocycles. The molecule has 18 heavy (non-hydrogen) atoms. The van der Waals surface area contributed by atoms with Crippen molar-refractivity contribution < 1.29 is 4.79 Å². The van der Waals surface area contributed by atoms with E-state index in [2.05, 4.69) is 25.1 Å². The summed E-state index contributed by atoms with van der Waals surface area (Å²) in [6, 6.07) is 0. The van der Waals surface area contributed by atoms with E-state index in [0.29, 0.717) is 22.1 Å². The quantitative estimate of drug-likeness (QED) is 0.674. The van der Waals surface area contributed by atoms with Gasteiger partial charge in [-0.2, -0.15) is 0 Å². The van der Waals surface area contributed by atoms with Crippen LogP contribution in [0, 0.1) is 0 Å². The number of carbonyl (C=O) groups excluding carboxylic acids is 1. The Labute approximate surface area is 116 Å². The maximum atomic E-state index is 12.0. The first-order valence-corrected chi connectivity index (χ1v) is 7.91. The highest BCUT2D eigenvalue weighted by Gasteiger charge is 2.16. The molecule has 0 bridgehead atoms. The summed E-state index contributed by atoms with van der Waals surface area (Å²) in [5, 5.41) is 15.0. The van der Waals surface area contributed by atoms with E-state index in [0.717, 1.165) is 21.6 Å². The van der Waals surface area contributed by atoms with Gasteiger partial charge in [-0.1, -0.05) is 41.4 Å². The summed E-state index contributed by atoms with van der Waals surface area (Å²) in [7, 11) is 0. The third-order valence-corrected chi connectivity index (χ3v) is 4.61. The van der Waals surface area contributed by atoms with Gasteiger partial charge in [0.1, 0.15) is 4.88 Å². The molecular formula is C9H11N5OS3. The van der Waals surface area contributed by atoms with Crippen LogP contribution in [0.5, 0.6) is 0 Å². The Kier molecular flexibility index (Phi) is 4.61. The number of anilines is 1. The standard InChI is InChI=1S/C9H11N5OS3/c1-3-5-6(18-14-11-5)7(15)10-8-12-13-9(17-8)16-4-2/h3-4H2,1-2H3,(H,10,12,15). The number of nitrogens with one attached hydrogen (secondary N) is 1. The first-order valence-electron chi connectivity index (χ1n) is 5.33. The van der Waals surface area contributed by atoms with Crippen LogP contribution in [0.2, 0.25) is 0 Å².